The minimum Gasteiger partial charge on any atom is -0.343 e. The fraction of sp³-hybridized carbons (Fsp3) is 0.533. The molecule has 18 heavy (non-hydrogen) atoms. The van der Waals surface area contributed by atoms with E-state index in [4.69, 9.17) is 0 Å². The summed E-state index contributed by atoms with van der Waals surface area (Å²) in [5, 5.41) is 3.07. The lowest BCUT2D eigenvalue weighted by Gasteiger charge is -2.21. The lowest BCUT2D eigenvalue weighted by molar-refractivity contribution is -0.131. The van der Waals surface area contributed by atoms with Gasteiger partial charge in [-0.2, -0.15) is 0 Å². The quantitative estimate of drug-likeness (QED) is 0.714. The molecule has 1 rings (SSSR count). The highest BCUT2D eigenvalue weighted by molar-refractivity contribution is 5.76. The number of rotatable bonds is 8. The molecule has 0 saturated carbocycles. The smallest absolute Gasteiger partial charge is 0.222 e. The van der Waals surface area contributed by atoms with Crippen LogP contribution in [0.4, 0.5) is 0 Å². The molecule has 0 radical (unpaired) electrons. The van der Waals surface area contributed by atoms with Crippen LogP contribution in [0.5, 0.6) is 0 Å². The zero-order valence-electron chi connectivity index (χ0n) is 11.5. The molecule has 1 N–H and O–H groups in total. The minimum absolute atomic E-state index is 0.267. The molecule has 1 aromatic rings. The Morgan fingerprint density at radius 2 is 2.00 bits per heavy atom. The molecule has 1 amide bonds. The van der Waals surface area contributed by atoms with E-state index in [1.165, 1.54) is 5.56 Å². The van der Waals surface area contributed by atoms with Crippen molar-refractivity contribution in [3.63, 3.8) is 0 Å². The molecule has 3 heteroatoms. The van der Waals surface area contributed by atoms with Crippen LogP contribution in [0.15, 0.2) is 30.3 Å². The SMILES string of the molecule is CCN(CCc1ccccc1)C(=O)CCCNC. The summed E-state index contributed by atoms with van der Waals surface area (Å²) in [6.45, 7) is 4.56. The van der Waals surface area contributed by atoms with Crippen LogP contribution in [0.25, 0.3) is 0 Å². The third kappa shape index (κ3) is 5.32. The molecule has 0 aromatic heterocycles. The van der Waals surface area contributed by atoms with Gasteiger partial charge < -0.3 is 10.2 Å². The molecular weight excluding hydrogens is 224 g/mol. The van der Waals surface area contributed by atoms with Gasteiger partial charge in [-0.15, -0.1) is 0 Å². The van der Waals surface area contributed by atoms with E-state index in [1.807, 2.05) is 37.1 Å². The van der Waals surface area contributed by atoms with Gasteiger partial charge in [-0.1, -0.05) is 30.3 Å². The van der Waals surface area contributed by atoms with E-state index in [1.54, 1.807) is 0 Å². The third-order valence-corrected chi connectivity index (χ3v) is 3.07. The van der Waals surface area contributed by atoms with Gasteiger partial charge >= 0.3 is 0 Å². The lowest BCUT2D eigenvalue weighted by Crippen LogP contribution is -2.33. The van der Waals surface area contributed by atoms with Gasteiger partial charge in [0.25, 0.3) is 0 Å². The Balaban J connectivity index is 2.35. The largest absolute Gasteiger partial charge is 0.343 e. The average molecular weight is 248 g/mol. The molecule has 0 aliphatic heterocycles. The van der Waals surface area contributed by atoms with Gasteiger partial charge in [-0.25, -0.2) is 0 Å². The fourth-order valence-electron chi connectivity index (χ4n) is 1.94. The standard InChI is InChI=1S/C15H24N2O/c1-3-17(15(18)10-7-12-16-2)13-11-14-8-5-4-6-9-14/h4-6,8-9,16H,3,7,10-13H2,1-2H3. The Morgan fingerprint density at radius 3 is 2.61 bits per heavy atom. The monoisotopic (exact) mass is 248 g/mol. The van der Waals surface area contributed by atoms with E-state index < -0.39 is 0 Å². The molecule has 0 spiro atoms. The second-order valence-electron chi connectivity index (χ2n) is 4.42. The van der Waals surface area contributed by atoms with Crippen molar-refractivity contribution in [3.05, 3.63) is 35.9 Å². The lowest BCUT2D eigenvalue weighted by atomic mass is 10.1. The highest BCUT2D eigenvalue weighted by atomic mass is 16.2. The zero-order chi connectivity index (χ0) is 13.2. The summed E-state index contributed by atoms with van der Waals surface area (Å²) in [5.74, 6) is 0.267. The molecule has 3 nitrogen and oxygen atoms in total. The van der Waals surface area contributed by atoms with Gasteiger partial charge in [-0.3, -0.25) is 4.79 Å². The second-order valence-corrected chi connectivity index (χ2v) is 4.42. The zero-order valence-corrected chi connectivity index (χ0v) is 11.5. The highest BCUT2D eigenvalue weighted by Gasteiger charge is 2.10. The molecule has 1 aromatic carbocycles. The van der Waals surface area contributed by atoms with Crippen molar-refractivity contribution in [2.24, 2.45) is 0 Å². The molecule has 0 atom stereocenters. The molecule has 0 aliphatic carbocycles. The number of hydrogen-bond donors (Lipinski definition) is 1. The first kappa shape index (κ1) is 14.7. The van der Waals surface area contributed by atoms with Gasteiger partial charge in [0.05, 0.1) is 0 Å². The van der Waals surface area contributed by atoms with Crippen LogP contribution in [0.1, 0.15) is 25.3 Å². The molecule has 0 fully saturated rings. The summed E-state index contributed by atoms with van der Waals surface area (Å²) < 4.78 is 0. The number of nitrogens with one attached hydrogen (secondary N) is 1. The summed E-state index contributed by atoms with van der Waals surface area (Å²) >= 11 is 0. The van der Waals surface area contributed by atoms with Crippen LogP contribution in [-0.2, 0) is 11.2 Å². The first-order valence-corrected chi connectivity index (χ1v) is 6.74. The number of carbonyl (C=O) groups is 1. The van der Waals surface area contributed by atoms with Gasteiger partial charge in [0.15, 0.2) is 0 Å². The maximum atomic E-state index is 12.0. The van der Waals surface area contributed by atoms with Crippen LogP contribution in [0.3, 0.4) is 0 Å². The Morgan fingerprint density at radius 1 is 1.28 bits per heavy atom. The predicted molar refractivity (Wildman–Crippen MR) is 75.6 cm³/mol. The highest BCUT2D eigenvalue weighted by Crippen LogP contribution is 2.03. The van der Waals surface area contributed by atoms with E-state index >= 15 is 0 Å². The number of hydrogen-bond acceptors (Lipinski definition) is 2. The van der Waals surface area contributed by atoms with E-state index in [0.29, 0.717) is 6.42 Å². The first-order valence-electron chi connectivity index (χ1n) is 6.74. The van der Waals surface area contributed by atoms with Crippen LogP contribution >= 0.6 is 0 Å². The Hall–Kier alpha value is -1.35. The van der Waals surface area contributed by atoms with E-state index in [0.717, 1.165) is 32.5 Å². The number of carbonyl (C=O) groups excluding carboxylic acids is 1. The summed E-state index contributed by atoms with van der Waals surface area (Å²) in [5.41, 5.74) is 1.29. The normalized spacial score (nSPS) is 10.3. The van der Waals surface area contributed by atoms with Gasteiger partial charge in [0.1, 0.15) is 0 Å². The van der Waals surface area contributed by atoms with Crippen molar-refractivity contribution in [2.45, 2.75) is 26.2 Å². The molecule has 0 unspecified atom stereocenters. The van der Waals surface area contributed by atoms with Crippen LogP contribution < -0.4 is 5.32 Å². The van der Waals surface area contributed by atoms with Gasteiger partial charge in [0, 0.05) is 19.5 Å². The predicted octanol–water partition coefficient (Wildman–Crippen LogP) is 2.08. The number of nitrogens with zero attached hydrogens (tertiary/aromatic N) is 1. The van der Waals surface area contributed by atoms with Gasteiger partial charge in [-0.05, 0) is 38.9 Å². The maximum absolute atomic E-state index is 12.0. The van der Waals surface area contributed by atoms with E-state index in [2.05, 4.69) is 17.4 Å². The average Bonchev–Trinajstić information content (AvgIpc) is 2.41. The number of likely N-dealkylation sites (N-methyl/N-ethyl adjacent to an activating group) is 1. The number of benzene rings is 1. The molecule has 0 aliphatic rings. The molecule has 0 bridgehead atoms. The van der Waals surface area contributed by atoms with Crippen molar-refractivity contribution >= 4 is 5.91 Å². The van der Waals surface area contributed by atoms with Crippen molar-refractivity contribution in [1.82, 2.24) is 10.2 Å². The molecule has 100 valence electrons. The Kier molecular flexibility index (Phi) is 7.11. The third-order valence-electron chi connectivity index (χ3n) is 3.07. The van der Waals surface area contributed by atoms with Crippen molar-refractivity contribution in [2.75, 3.05) is 26.7 Å². The number of amides is 1. The van der Waals surface area contributed by atoms with Crippen molar-refractivity contribution < 1.29 is 4.79 Å². The first-order chi connectivity index (χ1) is 8.77. The summed E-state index contributed by atoms with van der Waals surface area (Å²) in [6.07, 6.45) is 2.49. The van der Waals surface area contributed by atoms with Gasteiger partial charge in [0.2, 0.25) is 5.91 Å². The summed E-state index contributed by atoms with van der Waals surface area (Å²) in [6, 6.07) is 10.3. The van der Waals surface area contributed by atoms with Crippen LogP contribution in [0, 0.1) is 0 Å². The summed E-state index contributed by atoms with van der Waals surface area (Å²) in [4.78, 5) is 13.9. The maximum Gasteiger partial charge on any atom is 0.222 e. The molecular formula is C15H24N2O. The second kappa shape index (κ2) is 8.70. The summed E-state index contributed by atoms with van der Waals surface area (Å²) in [7, 11) is 1.91. The Labute approximate surface area is 110 Å². The molecule has 0 heterocycles. The Bertz CT molecular complexity index is 338. The topological polar surface area (TPSA) is 32.3 Å². The van der Waals surface area contributed by atoms with E-state index in [9.17, 15) is 4.79 Å². The van der Waals surface area contributed by atoms with Crippen LogP contribution in [-0.4, -0.2) is 37.5 Å². The fourth-order valence-corrected chi connectivity index (χ4v) is 1.94. The van der Waals surface area contributed by atoms with Crippen LogP contribution in [0.2, 0.25) is 0 Å². The van der Waals surface area contributed by atoms with Crippen molar-refractivity contribution in [1.29, 1.82) is 0 Å². The molecule has 0 saturated heterocycles. The minimum atomic E-state index is 0.267. The van der Waals surface area contributed by atoms with E-state index in [-0.39, 0.29) is 5.91 Å². The van der Waals surface area contributed by atoms with Crippen molar-refractivity contribution in [3.8, 4) is 0 Å².